The number of hydrogen-bond acceptors (Lipinski definition) is 5. The minimum absolute atomic E-state index is 0.0516. The van der Waals surface area contributed by atoms with E-state index in [4.69, 9.17) is 11.6 Å². The first-order chi connectivity index (χ1) is 11.7. The van der Waals surface area contributed by atoms with Crippen LogP contribution in [0.3, 0.4) is 0 Å². The molecule has 2 aromatic rings. The normalized spacial score (nSPS) is 16.4. The molecule has 25 heavy (non-hydrogen) atoms. The fourth-order valence-electron chi connectivity index (χ4n) is 2.28. The van der Waals surface area contributed by atoms with Crippen molar-refractivity contribution in [3.63, 3.8) is 0 Å². The summed E-state index contributed by atoms with van der Waals surface area (Å²) >= 11 is 6.74. The molecule has 0 bridgehead atoms. The fraction of sp³-hybridized carbons (Fsp3) is 0.385. The fourth-order valence-corrected chi connectivity index (χ4v) is 3.41. The summed E-state index contributed by atoms with van der Waals surface area (Å²) in [6.45, 7) is 2.14. The standard InChI is InChI=1S/C13H11ClF3N5O2S/c1-6(10(23)21-3-2-18-11(21)24)25-12-20-19-9-8(14)4-7(5-22(9)12)13(15,16)17/h4-6H,2-3H2,1H3,(H,18,24)/t6-/m0/s1. The van der Waals surface area contributed by atoms with Crippen molar-refractivity contribution in [2.45, 2.75) is 23.5 Å². The van der Waals surface area contributed by atoms with Crippen LogP contribution >= 0.6 is 23.4 Å². The Balaban J connectivity index is 1.90. The van der Waals surface area contributed by atoms with E-state index in [9.17, 15) is 22.8 Å². The van der Waals surface area contributed by atoms with Gasteiger partial charge >= 0.3 is 12.2 Å². The largest absolute Gasteiger partial charge is 0.417 e. The van der Waals surface area contributed by atoms with Crippen LogP contribution in [0.2, 0.25) is 5.02 Å². The molecular formula is C13H11ClF3N5O2S. The van der Waals surface area contributed by atoms with Crippen molar-refractivity contribution < 1.29 is 22.8 Å². The lowest BCUT2D eigenvalue weighted by Crippen LogP contribution is -2.39. The van der Waals surface area contributed by atoms with Gasteiger partial charge in [-0.3, -0.25) is 14.1 Å². The molecule has 3 heterocycles. The van der Waals surface area contributed by atoms with Crippen molar-refractivity contribution in [1.82, 2.24) is 24.8 Å². The summed E-state index contributed by atoms with van der Waals surface area (Å²) in [6.07, 6.45) is -3.76. The lowest BCUT2D eigenvalue weighted by atomic mass is 10.3. The van der Waals surface area contributed by atoms with Gasteiger partial charge in [0, 0.05) is 19.3 Å². The van der Waals surface area contributed by atoms with E-state index in [0.717, 1.165) is 33.3 Å². The first kappa shape index (κ1) is 17.8. The number of alkyl halides is 3. The number of rotatable bonds is 3. The van der Waals surface area contributed by atoms with Crippen LogP contribution in [-0.2, 0) is 11.0 Å². The molecule has 1 atom stereocenters. The lowest BCUT2D eigenvalue weighted by molar-refractivity contribution is -0.138. The molecule has 0 aromatic carbocycles. The Bertz CT molecular complexity index is 856. The summed E-state index contributed by atoms with van der Waals surface area (Å²) < 4.78 is 39.9. The van der Waals surface area contributed by atoms with E-state index in [1.807, 2.05) is 0 Å². The number of urea groups is 1. The number of fused-ring (bicyclic) bond motifs is 1. The number of pyridine rings is 1. The van der Waals surface area contributed by atoms with Crippen LogP contribution in [-0.4, -0.2) is 49.8 Å². The Morgan fingerprint density at radius 3 is 2.76 bits per heavy atom. The molecule has 2 aromatic heterocycles. The van der Waals surface area contributed by atoms with Gasteiger partial charge in [0.25, 0.3) is 0 Å². The second-order valence-electron chi connectivity index (χ2n) is 5.23. The second kappa shape index (κ2) is 6.37. The Kier molecular flexibility index (Phi) is 4.54. The van der Waals surface area contributed by atoms with Gasteiger partial charge in [0.1, 0.15) is 0 Å². The minimum atomic E-state index is -4.58. The Labute approximate surface area is 148 Å². The minimum Gasteiger partial charge on any atom is -0.336 e. The SMILES string of the molecule is C[C@H](Sc1nnc2c(Cl)cc(C(F)(F)F)cn12)C(=O)N1CCNC1=O. The quantitative estimate of drug-likeness (QED) is 0.810. The molecule has 134 valence electrons. The number of amides is 3. The van der Waals surface area contributed by atoms with Gasteiger partial charge in [-0.15, -0.1) is 10.2 Å². The third kappa shape index (κ3) is 3.38. The van der Waals surface area contributed by atoms with Crippen LogP contribution in [0.25, 0.3) is 5.65 Å². The zero-order chi connectivity index (χ0) is 18.4. The summed E-state index contributed by atoms with van der Waals surface area (Å²) in [6, 6.07) is 0.273. The predicted octanol–water partition coefficient (Wildman–Crippen LogP) is 2.43. The number of aromatic nitrogens is 3. The number of carbonyl (C=O) groups excluding carboxylic acids is 2. The molecule has 1 aliphatic rings. The zero-order valence-corrected chi connectivity index (χ0v) is 14.2. The Morgan fingerprint density at radius 1 is 1.44 bits per heavy atom. The maximum atomic E-state index is 12.9. The van der Waals surface area contributed by atoms with Gasteiger partial charge in [-0.05, 0) is 13.0 Å². The van der Waals surface area contributed by atoms with E-state index < -0.39 is 28.9 Å². The van der Waals surface area contributed by atoms with E-state index >= 15 is 0 Å². The van der Waals surface area contributed by atoms with Crippen LogP contribution in [0.1, 0.15) is 12.5 Å². The molecule has 3 rings (SSSR count). The molecule has 0 spiro atoms. The zero-order valence-electron chi connectivity index (χ0n) is 12.7. The molecular weight excluding hydrogens is 383 g/mol. The van der Waals surface area contributed by atoms with Gasteiger partial charge in [-0.25, -0.2) is 4.79 Å². The number of thioether (sulfide) groups is 1. The van der Waals surface area contributed by atoms with Crippen LogP contribution in [0.4, 0.5) is 18.0 Å². The summed E-state index contributed by atoms with van der Waals surface area (Å²) in [5.41, 5.74) is -0.903. The highest BCUT2D eigenvalue weighted by molar-refractivity contribution is 8.00. The van der Waals surface area contributed by atoms with E-state index in [1.54, 1.807) is 0 Å². The van der Waals surface area contributed by atoms with Gasteiger partial charge < -0.3 is 5.32 Å². The van der Waals surface area contributed by atoms with Crippen molar-refractivity contribution >= 4 is 40.9 Å². The Hall–Kier alpha value is -2.01. The molecule has 7 nitrogen and oxygen atoms in total. The monoisotopic (exact) mass is 393 g/mol. The topological polar surface area (TPSA) is 79.6 Å². The van der Waals surface area contributed by atoms with Gasteiger partial charge in [-0.2, -0.15) is 13.2 Å². The third-order valence-electron chi connectivity index (χ3n) is 3.51. The highest BCUT2D eigenvalue weighted by Crippen LogP contribution is 2.34. The molecule has 12 heteroatoms. The molecule has 1 fully saturated rings. The molecule has 3 amide bonds. The molecule has 0 saturated carbocycles. The van der Waals surface area contributed by atoms with Gasteiger partial charge in [0.05, 0.1) is 15.8 Å². The van der Waals surface area contributed by atoms with Gasteiger partial charge in [0.2, 0.25) is 5.91 Å². The molecule has 1 saturated heterocycles. The molecule has 1 N–H and O–H groups in total. The number of hydrogen-bond donors (Lipinski definition) is 1. The number of nitrogens with zero attached hydrogens (tertiary/aromatic N) is 4. The molecule has 0 unspecified atom stereocenters. The van der Waals surface area contributed by atoms with Crippen molar-refractivity contribution in [2.75, 3.05) is 13.1 Å². The summed E-state index contributed by atoms with van der Waals surface area (Å²) in [5.74, 6) is -0.463. The number of carbonyl (C=O) groups is 2. The molecule has 1 aliphatic heterocycles. The van der Waals surface area contributed by atoms with Crippen molar-refractivity contribution in [3.05, 3.63) is 22.8 Å². The summed E-state index contributed by atoms with van der Waals surface area (Å²) in [4.78, 5) is 24.9. The number of imide groups is 1. The first-order valence-electron chi connectivity index (χ1n) is 7.06. The summed E-state index contributed by atoms with van der Waals surface area (Å²) in [7, 11) is 0. The van der Waals surface area contributed by atoms with Crippen LogP contribution in [0.15, 0.2) is 17.4 Å². The maximum Gasteiger partial charge on any atom is 0.417 e. The second-order valence-corrected chi connectivity index (χ2v) is 6.95. The number of nitrogens with one attached hydrogen (secondary N) is 1. The first-order valence-corrected chi connectivity index (χ1v) is 8.31. The van der Waals surface area contributed by atoms with E-state index in [2.05, 4.69) is 15.5 Å². The summed E-state index contributed by atoms with van der Waals surface area (Å²) in [5, 5.41) is 9.19. The maximum absolute atomic E-state index is 12.9. The molecule has 0 radical (unpaired) electrons. The van der Waals surface area contributed by atoms with Crippen LogP contribution in [0, 0.1) is 0 Å². The lowest BCUT2D eigenvalue weighted by Gasteiger charge is -2.16. The highest BCUT2D eigenvalue weighted by atomic mass is 35.5. The average Bonchev–Trinajstić information content (AvgIpc) is 3.12. The third-order valence-corrected chi connectivity index (χ3v) is 4.83. The number of halogens is 4. The van der Waals surface area contributed by atoms with Crippen LogP contribution < -0.4 is 5.32 Å². The molecule has 0 aliphatic carbocycles. The average molecular weight is 394 g/mol. The van der Waals surface area contributed by atoms with E-state index in [1.165, 1.54) is 6.92 Å². The van der Waals surface area contributed by atoms with Crippen molar-refractivity contribution in [1.29, 1.82) is 0 Å². The highest BCUT2D eigenvalue weighted by Gasteiger charge is 2.33. The van der Waals surface area contributed by atoms with Gasteiger partial charge in [-0.1, -0.05) is 23.4 Å². The van der Waals surface area contributed by atoms with Gasteiger partial charge in [0.15, 0.2) is 10.8 Å². The van der Waals surface area contributed by atoms with Crippen LogP contribution in [0.5, 0.6) is 0 Å². The smallest absolute Gasteiger partial charge is 0.336 e. The Morgan fingerprint density at radius 2 is 2.16 bits per heavy atom. The van der Waals surface area contributed by atoms with E-state index in [-0.39, 0.29) is 22.4 Å². The van der Waals surface area contributed by atoms with Crippen molar-refractivity contribution in [2.24, 2.45) is 0 Å². The van der Waals surface area contributed by atoms with E-state index in [0.29, 0.717) is 6.54 Å². The predicted molar refractivity (Wildman–Crippen MR) is 83.4 cm³/mol. The van der Waals surface area contributed by atoms with Crippen molar-refractivity contribution in [3.8, 4) is 0 Å².